The molecule has 29 heavy (non-hydrogen) atoms. The number of anilines is 1. The molecule has 2 aromatic carbocycles. The van der Waals surface area contributed by atoms with Crippen LogP contribution >= 0.6 is 0 Å². The van der Waals surface area contributed by atoms with Gasteiger partial charge in [0.05, 0.1) is 6.54 Å². The van der Waals surface area contributed by atoms with Gasteiger partial charge in [-0.05, 0) is 32.0 Å². The molecule has 7 nitrogen and oxygen atoms in total. The number of carbonyl (C=O) groups is 1. The molecule has 0 atom stereocenters. The molecule has 2 aliphatic rings. The maximum Gasteiger partial charge on any atom is 0.319 e. The number of benzene rings is 2. The summed E-state index contributed by atoms with van der Waals surface area (Å²) in [4.78, 5) is 11.9. The lowest BCUT2D eigenvalue weighted by Crippen LogP contribution is -2.28. The Morgan fingerprint density at radius 1 is 1.17 bits per heavy atom. The first kappa shape index (κ1) is 18.8. The summed E-state index contributed by atoms with van der Waals surface area (Å²) in [5, 5.41) is 5.40. The van der Waals surface area contributed by atoms with E-state index in [4.69, 9.17) is 18.9 Å². The number of urea groups is 1. The van der Waals surface area contributed by atoms with Crippen LogP contribution in [0.5, 0.6) is 23.0 Å². The van der Waals surface area contributed by atoms with Crippen LogP contribution in [0, 0.1) is 11.8 Å². The molecule has 0 aliphatic carbocycles. The van der Waals surface area contributed by atoms with E-state index in [-0.39, 0.29) is 31.6 Å². The van der Waals surface area contributed by atoms with Crippen molar-refractivity contribution in [3.63, 3.8) is 0 Å². The summed E-state index contributed by atoms with van der Waals surface area (Å²) < 4.78 is 22.2. The number of fused-ring (bicyclic) bond motifs is 2. The lowest BCUT2D eigenvalue weighted by Gasteiger charge is -2.17. The van der Waals surface area contributed by atoms with Crippen molar-refractivity contribution in [2.75, 3.05) is 25.3 Å². The first-order chi connectivity index (χ1) is 14.0. The SMILES string of the molecule is CC1(C)Cc2cccc(OCC#CCNC(=O)Nc3ccc4c(c3)OCO4)c2O1. The average molecular weight is 394 g/mol. The molecule has 0 saturated heterocycles. The minimum absolute atomic E-state index is 0.193. The highest BCUT2D eigenvalue weighted by molar-refractivity contribution is 5.89. The second-order valence-electron chi connectivity index (χ2n) is 7.30. The van der Waals surface area contributed by atoms with Crippen molar-refractivity contribution in [2.24, 2.45) is 0 Å². The van der Waals surface area contributed by atoms with Gasteiger partial charge >= 0.3 is 6.03 Å². The summed E-state index contributed by atoms with van der Waals surface area (Å²) in [6.45, 7) is 4.72. The Hall–Kier alpha value is -3.53. The van der Waals surface area contributed by atoms with E-state index in [1.165, 1.54) is 0 Å². The van der Waals surface area contributed by atoms with Gasteiger partial charge in [0.25, 0.3) is 0 Å². The molecule has 4 rings (SSSR count). The van der Waals surface area contributed by atoms with Crippen molar-refractivity contribution in [3.05, 3.63) is 42.0 Å². The lowest BCUT2D eigenvalue weighted by atomic mass is 10.0. The van der Waals surface area contributed by atoms with Crippen molar-refractivity contribution in [1.82, 2.24) is 5.32 Å². The highest BCUT2D eigenvalue weighted by Crippen LogP contribution is 2.41. The van der Waals surface area contributed by atoms with Gasteiger partial charge in [0, 0.05) is 23.7 Å². The summed E-state index contributed by atoms with van der Waals surface area (Å²) in [7, 11) is 0. The first-order valence-electron chi connectivity index (χ1n) is 9.34. The molecule has 2 aromatic rings. The number of para-hydroxylation sites is 1. The molecule has 0 spiro atoms. The molecular formula is C22H22N2O5. The number of amides is 2. The third-order valence-corrected chi connectivity index (χ3v) is 4.45. The monoisotopic (exact) mass is 394 g/mol. The second kappa shape index (κ2) is 7.84. The van der Waals surface area contributed by atoms with Crippen LogP contribution in [0.4, 0.5) is 10.5 Å². The zero-order valence-corrected chi connectivity index (χ0v) is 16.3. The Labute approximate surface area is 169 Å². The Balaban J connectivity index is 1.22. The molecule has 150 valence electrons. The van der Waals surface area contributed by atoms with Crippen LogP contribution in [0.15, 0.2) is 36.4 Å². The summed E-state index contributed by atoms with van der Waals surface area (Å²) in [5.74, 6) is 8.52. The summed E-state index contributed by atoms with van der Waals surface area (Å²) in [6.07, 6.45) is 0.855. The van der Waals surface area contributed by atoms with E-state index >= 15 is 0 Å². The third-order valence-electron chi connectivity index (χ3n) is 4.45. The van der Waals surface area contributed by atoms with Gasteiger partial charge in [-0.2, -0.15) is 0 Å². The normalized spacial score (nSPS) is 14.8. The Kier molecular flexibility index (Phi) is 5.09. The second-order valence-corrected chi connectivity index (χ2v) is 7.30. The Bertz CT molecular complexity index is 990. The van der Waals surface area contributed by atoms with Crippen molar-refractivity contribution in [2.45, 2.75) is 25.9 Å². The fourth-order valence-electron chi connectivity index (χ4n) is 3.20. The van der Waals surface area contributed by atoms with Gasteiger partial charge in [-0.25, -0.2) is 4.79 Å². The van der Waals surface area contributed by atoms with Gasteiger partial charge in [-0.3, -0.25) is 0 Å². The maximum atomic E-state index is 11.9. The van der Waals surface area contributed by atoms with Gasteiger partial charge in [-0.15, -0.1) is 0 Å². The van der Waals surface area contributed by atoms with Crippen LogP contribution in [0.25, 0.3) is 0 Å². The molecule has 0 saturated carbocycles. The summed E-state index contributed by atoms with van der Waals surface area (Å²) >= 11 is 0. The van der Waals surface area contributed by atoms with E-state index in [2.05, 4.69) is 36.3 Å². The number of carbonyl (C=O) groups excluding carboxylic acids is 1. The standard InChI is InChI=1S/C22H22N2O5/c1-22(2)13-15-6-5-7-18(20(15)29-22)26-11-4-3-10-23-21(25)24-16-8-9-17-19(12-16)28-14-27-17/h5-9,12H,10-11,13-14H2,1-2H3,(H2,23,24,25). The minimum atomic E-state index is -0.351. The third kappa shape index (κ3) is 4.49. The van der Waals surface area contributed by atoms with Crippen molar-refractivity contribution in [1.29, 1.82) is 0 Å². The van der Waals surface area contributed by atoms with Crippen molar-refractivity contribution in [3.8, 4) is 34.8 Å². The van der Waals surface area contributed by atoms with E-state index in [1.807, 2.05) is 18.2 Å². The van der Waals surface area contributed by atoms with E-state index in [9.17, 15) is 4.79 Å². The minimum Gasteiger partial charge on any atom is -0.483 e. The largest absolute Gasteiger partial charge is 0.483 e. The quantitative estimate of drug-likeness (QED) is 0.778. The molecule has 2 N–H and O–H groups in total. The van der Waals surface area contributed by atoms with E-state index in [1.54, 1.807) is 18.2 Å². The van der Waals surface area contributed by atoms with Crippen LogP contribution in [0.3, 0.4) is 0 Å². The first-order valence-corrected chi connectivity index (χ1v) is 9.34. The summed E-state index contributed by atoms with van der Waals surface area (Å²) in [6, 6.07) is 10.7. The fourth-order valence-corrected chi connectivity index (χ4v) is 3.20. The molecule has 7 heteroatoms. The Morgan fingerprint density at radius 3 is 2.93 bits per heavy atom. The smallest absolute Gasteiger partial charge is 0.319 e. The van der Waals surface area contributed by atoms with Crippen molar-refractivity contribution < 1.29 is 23.7 Å². The van der Waals surface area contributed by atoms with Crippen LogP contribution in [-0.2, 0) is 6.42 Å². The van der Waals surface area contributed by atoms with Crippen LogP contribution in [-0.4, -0.2) is 31.6 Å². The topological polar surface area (TPSA) is 78.1 Å². The molecule has 0 fully saturated rings. The van der Waals surface area contributed by atoms with Gasteiger partial charge < -0.3 is 29.6 Å². The van der Waals surface area contributed by atoms with Gasteiger partial charge in [0.2, 0.25) is 6.79 Å². The van der Waals surface area contributed by atoms with Gasteiger partial charge in [-0.1, -0.05) is 24.0 Å². The number of ether oxygens (including phenoxy) is 4. The number of hydrogen-bond donors (Lipinski definition) is 2. The number of hydrogen-bond acceptors (Lipinski definition) is 5. The Morgan fingerprint density at radius 2 is 2.03 bits per heavy atom. The predicted molar refractivity (Wildman–Crippen MR) is 108 cm³/mol. The molecule has 0 aromatic heterocycles. The van der Waals surface area contributed by atoms with Crippen LogP contribution in [0.2, 0.25) is 0 Å². The molecule has 0 unspecified atom stereocenters. The van der Waals surface area contributed by atoms with Gasteiger partial charge in [0.1, 0.15) is 12.2 Å². The molecule has 2 heterocycles. The number of nitrogens with one attached hydrogen (secondary N) is 2. The van der Waals surface area contributed by atoms with Crippen LogP contribution in [0.1, 0.15) is 19.4 Å². The van der Waals surface area contributed by atoms with E-state index in [0.29, 0.717) is 22.9 Å². The zero-order chi connectivity index (χ0) is 20.3. The molecule has 2 aliphatic heterocycles. The zero-order valence-electron chi connectivity index (χ0n) is 16.3. The molecule has 2 amide bonds. The lowest BCUT2D eigenvalue weighted by molar-refractivity contribution is 0.133. The number of rotatable bonds is 4. The fraction of sp³-hybridized carbons (Fsp3) is 0.318. The molecule has 0 radical (unpaired) electrons. The van der Waals surface area contributed by atoms with E-state index in [0.717, 1.165) is 17.7 Å². The summed E-state index contributed by atoms with van der Waals surface area (Å²) in [5.41, 5.74) is 1.54. The van der Waals surface area contributed by atoms with Crippen LogP contribution < -0.4 is 29.6 Å². The maximum absolute atomic E-state index is 11.9. The molecule has 0 bridgehead atoms. The van der Waals surface area contributed by atoms with E-state index < -0.39 is 0 Å². The highest BCUT2D eigenvalue weighted by atomic mass is 16.7. The van der Waals surface area contributed by atoms with Crippen molar-refractivity contribution >= 4 is 11.7 Å². The van der Waals surface area contributed by atoms with Gasteiger partial charge in [0.15, 0.2) is 23.0 Å². The molecular weight excluding hydrogens is 372 g/mol. The predicted octanol–water partition coefficient (Wildman–Crippen LogP) is 3.33. The highest BCUT2D eigenvalue weighted by Gasteiger charge is 2.32. The average Bonchev–Trinajstić information content (AvgIpc) is 3.26.